The fourth-order valence-corrected chi connectivity index (χ4v) is 2.66. The van der Waals surface area contributed by atoms with Gasteiger partial charge in [0.15, 0.2) is 0 Å². The molecule has 0 saturated carbocycles. The molecule has 0 fully saturated rings. The van der Waals surface area contributed by atoms with E-state index >= 15 is 0 Å². The average Bonchev–Trinajstić information content (AvgIpc) is 2.61. The second-order valence-corrected chi connectivity index (χ2v) is 5.06. The van der Waals surface area contributed by atoms with Crippen LogP contribution in [0.25, 0.3) is 0 Å². The van der Waals surface area contributed by atoms with Crippen LogP contribution in [0.5, 0.6) is 0 Å². The standard InChI is InChI=1S/C13H15NOS/c1-10-11(2)16-9-14(10)13(15)8-12-6-4-3-5-7-12/h3-7H,8-9H2,1-2H3. The second kappa shape index (κ2) is 4.74. The SMILES string of the molecule is CC1=C(C)N(C(=O)Cc2ccccc2)CS1. The first-order chi connectivity index (χ1) is 7.68. The first-order valence-corrected chi connectivity index (χ1v) is 6.31. The van der Waals surface area contributed by atoms with Gasteiger partial charge in [-0.25, -0.2) is 0 Å². The minimum Gasteiger partial charge on any atom is -0.305 e. The van der Waals surface area contributed by atoms with E-state index in [1.165, 1.54) is 4.91 Å². The van der Waals surface area contributed by atoms with Crippen molar-refractivity contribution in [1.82, 2.24) is 4.90 Å². The number of nitrogens with zero attached hydrogens (tertiary/aromatic N) is 1. The Hall–Kier alpha value is -1.22. The van der Waals surface area contributed by atoms with Gasteiger partial charge in [0, 0.05) is 10.6 Å². The molecular weight excluding hydrogens is 218 g/mol. The van der Waals surface area contributed by atoms with Crippen molar-refractivity contribution in [2.45, 2.75) is 20.3 Å². The number of rotatable bonds is 2. The number of carbonyl (C=O) groups is 1. The summed E-state index contributed by atoms with van der Waals surface area (Å²) in [5, 5.41) is 0. The van der Waals surface area contributed by atoms with Gasteiger partial charge >= 0.3 is 0 Å². The zero-order valence-electron chi connectivity index (χ0n) is 9.56. The van der Waals surface area contributed by atoms with Crippen molar-refractivity contribution < 1.29 is 4.79 Å². The van der Waals surface area contributed by atoms with Crippen LogP contribution in [-0.4, -0.2) is 16.7 Å². The molecule has 84 valence electrons. The first kappa shape index (κ1) is 11.3. The van der Waals surface area contributed by atoms with E-state index in [1.807, 2.05) is 42.2 Å². The summed E-state index contributed by atoms with van der Waals surface area (Å²) in [6, 6.07) is 9.89. The molecule has 2 rings (SSSR count). The lowest BCUT2D eigenvalue weighted by Crippen LogP contribution is -2.27. The molecule has 0 bridgehead atoms. The summed E-state index contributed by atoms with van der Waals surface area (Å²) in [6.07, 6.45) is 0.492. The molecule has 3 heteroatoms. The lowest BCUT2D eigenvalue weighted by Gasteiger charge is -2.16. The highest BCUT2D eigenvalue weighted by Crippen LogP contribution is 2.31. The largest absolute Gasteiger partial charge is 0.305 e. The molecule has 1 aromatic rings. The second-order valence-electron chi connectivity index (χ2n) is 3.90. The first-order valence-electron chi connectivity index (χ1n) is 5.33. The van der Waals surface area contributed by atoms with Gasteiger partial charge in [-0.05, 0) is 19.4 Å². The van der Waals surface area contributed by atoms with Gasteiger partial charge in [-0.2, -0.15) is 0 Å². The summed E-state index contributed by atoms with van der Waals surface area (Å²) in [4.78, 5) is 15.2. The summed E-state index contributed by atoms with van der Waals surface area (Å²) >= 11 is 1.74. The third kappa shape index (κ3) is 2.30. The van der Waals surface area contributed by atoms with Crippen molar-refractivity contribution in [2.24, 2.45) is 0 Å². The Morgan fingerprint density at radius 2 is 2.00 bits per heavy atom. The number of hydrogen-bond acceptors (Lipinski definition) is 2. The molecular formula is C13H15NOS. The van der Waals surface area contributed by atoms with Gasteiger partial charge in [0.1, 0.15) is 0 Å². The normalized spacial score (nSPS) is 15.8. The predicted octanol–water partition coefficient (Wildman–Crippen LogP) is 3.01. The Kier molecular flexibility index (Phi) is 3.34. The molecule has 0 atom stereocenters. The van der Waals surface area contributed by atoms with Gasteiger partial charge in [-0.1, -0.05) is 30.3 Å². The highest BCUT2D eigenvalue weighted by atomic mass is 32.2. The van der Waals surface area contributed by atoms with Gasteiger partial charge in [-0.3, -0.25) is 4.79 Å². The maximum atomic E-state index is 12.0. The summed E-state index contributed by atoms with van der Waals surface area (Å²) in [5.41, 5.74) is 2.18. The van der Waals surface area contributed by atoms with Gasteiger partial charge in [0.05, 0.1) is 12.3 Å². The Morgan fingerprint density at radius 1 is 1.31 bits per heavy atom. The van der Waals surface area contributed by atoms with E-state index in [-0.39, 0.29) is 5.91 Å². The zero-order chi connectivity index (χ0) is 11.5. The van der Waals surface area contributed by atoms with Crippen LogP contribution >= 0.6 is 11.8 Å². The minimum atomic E-state index is 0.188. The molecule has 1 heterocycles. The van der Waals surface area contributed by atoms with Crippen LogP contribution in [0.3, 0.4) is 0 Å². The molecule has 0 saturated heterocycles. The van der Waals surface area contributed by atoms with Crippen molar-refractivity contribution in [3.05, 3.63) is 46.5 Å². The Labute approximate surface area is 100 Å². The molecule has 1 aromatic carbocycles. The van der Waals surface area contributed by atoms with E-state index in [9.17, 15) is 4.79 Å². The molecule has 2 nitrogen and oxygen atoms in total. The Bertz CT molecular complexity index is 425. The highest BCUT2D eigenvalue weighted by molar-refractivity contribution is 8.03. The topological polar surface area (TPSA) is 20.3 Å². The van der Waals surface area contributed by atoms with Gasteiger partial charge in [0.2, 0.25) is 5.91 Å². The maximum Gasteiger partial charge on any atom is 0.231 e. The third-order valence-electron chi connectivity index (χ3n) is 2.82. The third-order valence-corrected chi connectivity index (χ3v) is 3.94. The number of allylic oxidation sites excluding steroid dienone is 2. The fraction of sp³-hybridized carbons (Fsp3) is 0.308. The quantitative estimate of drug-likeness (QED) is 0.782. The molecule has 1 aliphatic heterocycles. The molecule has 1 aliphatic rings. The summed E-state index contributed by atoms with van der Waals surface area (Å²) in [5.74, 6) is 0.955. The average molecular weight is 233 g/mol. The van der Waals surface area contributed by atoms with Crippen LogP contribution < -0.4 is 0 Å². The number of benzene rings is 1. The predicted molar refractivity (Wildman–Crippen MR) is 67.8 cm³/mol. The monoisotopic (exact) mass is 233 g/mol. The highest BCUT2D eigenvalue weighted by Gasteiger charge is 2.22. The lowest BCUT2D eigenvalue weighted by molar-refractivity contribution is -0.127. The van der Waals surface area contributed by atoms with Crippen LogP contribution in [0.15, 0.2) is 40.9 Å². The van der Waals surface area contributed by atoms with Crippen LogP contribution in [0, 0.1) is 0 Å². The summed E-state index contributed by atoms with van der Waals surface area (Å²) < 4.78 is 0. The van der Waals surface area contributed by atoms with Gasteiger partial charge in [0.25, 0.3) is 0 Å². The van der Waals surface area contributed by atoms with Crippen LogP contribution in [0.2, 0.25) is 0 Å². The smallest absolute Gasteiger partial charge is 0.231 e. The molecule has 0 unspecified atom stereocenters. The fourth-order valence-electron chi connectivity index (χ4n) is 1.68. The Morgan fingerprint density at radius 3 is 2.56 bits per heavy atom. The molecule has 16 heavy (non-hydrogen) atoms. The van der Waals surface area contributed by atoms with Crippen molar-refractivity contribution >= 4 is 17.7 Å². The van der Waals surface area contributed by atoms with E-state index in [2.05, 4.69) is 6.92 Å². The molecule has 0 N–H and O–H groups in total. The summed E-state index contributed by atoms with van der Waals surface area (Å²) in [6.45, 7) is 4.08. The van der Waals surface area contributed by atoms with E-state index in [0.717, 1.165) is 17.1 Å². The molecule has 0 radical (unpaired) electrons. The van der Waals surface area contributed by atoms with Gasteiger partial charge < -0.3 is 4.90 Å². The number of carbonyl (C=O) groups excluding carboxylic acids is 1. The van der Waals surface area contributed by atoms with E-state index in [1.54, 1.807) is 11.8 Å². The van der Waals surface area contributed by atoms with E-state index in [4.69, 9.17) is 0 Å². The zero-order valence-corrected chi connectivity index (χ0v) is 10.4. The van der Waals surface area contributed by atoms with Crippen LogP contribution in [0.4, 0.5) is 0 Å². The van der Waals surface area contributed by atoms with Crippen LogP contribution in [-0.2, 0) is 11.2 Å². The van der Waals surface area contributed by atoms with Crippen molar-refractivity contribution in [3.63, 3.8) is 0 Å². The van der Waals surface area contributed by atoms with Crippen LogP contribution in [0.1, 0.15) is 19.4 Å². The van der Waals surface area contributed by atoms with Crippen molar-refractivity contribution in [1.29, 1.82) is 0 Å². The summed E-state index contributed by atoms with van der Waals surface area (Å²) in [7, 11) is 0. The van der Waals surface area contributed by atoms with E-state index < -0.39 is 0 Å². The maximum absolute atomic E-state index is 12.0. The van der Waals surface area contributed by atoms with Gasteiger partial charge in [-0.15, -0.1) is 11.8 Å². The van der Waals surface area contributed by atoms with Crippen molar-refractivity contribution in [3.8, 4) is 0 Å². The molecule has 1 amide bonds. The number of thioether (sulfide) groups is 1. The number of amides is 1. The minimum absolute atomic E-state index is 0.188. The Balaban J connectivity index is 2.05. The van der Waals surface area contributed by atoms with Crippen molar-refractivity contribution in [2.75, 3.05) is 5.88 Å². The lowest BCUT2D eigenvalue weighted by atomic mass is 10.1. The van der Waals surface area contributed by atoms with E-state index in [0.29, 0.717) is 6.42 Å². The molecule has 0 aliphatic carbocycles. The molecule has 0 spiro atoms. The molecule has 0 aromatic heterocycles. The number of hydrogen-bond donors (Lipinski definition) is 0.